The summed E-state index contributed by atoms with van der Waals surface area (Å²) in [6.45, 7) is 4.82. The first kappa shape index (κ1) is 49.2. The Bertz CT molecular complexity index is 2240. The van der Waals surface area contributed by atoms with Crippen LogP contribution in [0.1, 0.15) is 89.5 Å². The molecule has 3 aromatic carbocycles. The Morgan fingerprint density at radius 1 is 0.716 bits per heavy atom. The van der Waals surface area contributed by atoms with E-state index >= 15 is 0 Å². The van der Waals surface area contributed by atoms with Crippen LogP contribution in [0.2, 0.25) is 0 Å². The van der Waals surface area contributed by atoms with Crippen LogP contribution in [0.5, 0.6) is 17.2 Å². The van der Waals surface area contributed by atoms with Crippen LogP contribution in [0.4, 0.5) is 17.1 Å². The molecule has 364 valence electrons. The van der Waals surface area contributed by atoms with Gasteiger partial charge in [0.25, 0.3) is 0 Å². The summed E-state index contributed by atoms with van der Waals surface area (Å²) in [4.78, 5) is 6.23. The molecule has 15 heteroatoms. The van der Waals surface area contributed by atoms with Gasteiger partial charge in [0.15, 0.2) is 28.8 Å². The lowest BCUT2D eigenvalue weighted by atomic mass is 9.86. The standard InChI is InChI=1S/C52H69N3O12/c1-2-3-4-20-66-42-10-6-8-34(23-42)31-55(40-28-48(62)51(64)49(63)29-40)37-13-11-36(12-14-37)54(39-16-18-44(58)46(60)27-39)32-35-24-47(61)52(65)50(25-35)67-21-19-53(30-33-7-5-9-41(56)22-33)38-15-17-43(57)45(59)26-38/h5,7,9,11-14,16-18,22,27-28,34-35,38,40,42,45,47,56-65H,2-4,6,8,10,15,19-21,23-26,29-32H2,1H3/t34-,35?,38?,40-,42+,45-,47-/m0/s1. The number of hydrogen-bond donors (Lipinski definition) is 10. The third kappa shape index (κ3) is 12.8. The van der Waals surface area contributed by atoms with Crippen LogP contribution < -0.4 is 9.80 Å². The van der Waals surface area contributed by atoms with Crippen LogP contribution in [0.25, 0.3) is 0 Å². The maximum absolute atomic E-state index is 11.2. The molecule has 7 atom stereocenters. The van der Waals surface area contributed by atoms with Crippen molar-refractivity contribution in [3.63, 3.8) is 0 Å². The number of allylic oxidation sites excluding steroid dienone is 1. The molecule has 3 aromatic rings. The van der Waals surface area contributed by atoms with Gasteiger partial charge in [-0.3, -0.25) is 4.90 Å². The number of hydrogen-bond acceptors (Lipinski definition) is 15. The minimum absolute atomic E-state index is 0.0535. The van der Waals surface area contributed by atoms with Gasteiger partial charge in [-0.25, -0.2) is 0 Å². The zero-order chi connectivity index (χ0) is 47.6. The van der Waals surface area contributed by atoms with Crippen molar-refractivity contribution in [1.82, 2.24) is 4.90 Å². The Morgan fingerprint density at radius 3 is 2.22 bits per heavy atom. The molecule has 0 spiro atoms. The molecule has 7 rings (SSSR count). The number of rotatable bonds is 20. The first-order chi connectivity index (χ1) is 32.3. The lowest BCUT2D eigenvalue weighted by molar-refractivity contribution is 0.0121. The second-order valence-corrected chi connectivity index (χ2v) is 18.7. The number of aromatic hydroxyl groups is 3. The fourth-order valence-corrected chi connectivity index (χ4v) is 10.0. The maximum Gasteiger partial charge on any atom is 0.195 e. The van der Waals surface area contributed by atoms with Crippen LogP contribution in [0.3, 0.4) is 0 Å². The molecule has 0 amide bonds. The Morgan fingerprint density at radius 2 is 1.49 bits per heavy atom. The molecule has 0 saturated heterocycles. The van der Waals surface area contributed by atoms with Gasteiger partial charge in [-0.1, -0.05) is 38.3 Å². The van der Waals surface area contributed by atoms with Crippen molar-refractivity contribution in [1.29, 1.82) is 0 Å². The molecule has 67 heavy (non-hydrogen) atoms. The highest BCUT2D eigenvalue weighted by Crippen LogP contribution is 2.39. The van der Waals surface area contributed by atoms with Gasteiger partial charge in [-0.2, -0.15) is 0 Å². The van der Waals surface area contributed by atoms with Crippen molar-refractivity contribution in [2.75, 3.05) is 42.6 Å². The van der Waals surface area contributed by atoms with Gasteiger partial charge in [-0.05, 0) is 123 Å². The smallest absolute Gasteiger partial charge is 0.195 e. The van der Waals surface area contributed by atoms with Crippen LogP contribution in [0.15, 0.2) is 113 Å². The first-order valence-electron chi connectivity index (χ1n) is 23.9. The minimum Gasteiger partial charge on any atom is -0.510 e. The van der Waals surface area contributed by atoms with E-state index in [0.717, 1.165) is 68.5 Å². The number of aliphatic hydroxyl groups excluding tert-OH is 7. The average molecular weight is 928 g/mol. The highest BCUT2D eigenvalue weighted by molar-refractivity contribution is 5.68. The number of unbranched alkanes of at least 4 members (excludes halogenated alkanes) is 2. The van der Waals surface area contributed by atoms with Crippen LogP contribution in [0, 0.1) is 11.8 Å². The average Bonchev–Trinajstić information content (AvgIpc) is 3.31. The first-order valence-corrected chi connectivity index (χ1v) is 23.9. The van der Waals surface area contributed by atoms with Crippen molar-refractivity contribution >= 4 is 17.1 Å². The molecule has 1 fully saturated rings. The molecular weight excluding hydrogens is 859 g/mol. The fraction of sp³-hybridized carbons (Fsp3) is 0.500. The zero-order valence-corrected chi connectivity index (χ0v) is 38.4. The monoisotopic (exact) mass is 927 g/mol. The second-order valence-electron chi connectivity index (χ2n) is 18.7. The third-order valence-electron chi connectivity index (χ3n) is 13.7. The molecule has 10 N–H and O–H groups in total. The van der Waals surface area contributed by atoms with E-state index in [-0.39, 0.29) is 95.9 Å². The summed E-state index contributed by atoms with van der Waals surface area (Å²) in [7, 11) is 0. The third-order valence-corrected chi connectivity index (χ3v) is 13.7. The van der Waals surface area contributed by atoms with E-state index in [1.807, 2.05) is 35.2 Å². The molecule has 0 radical (unpaired) electrons. The Hall–Kier alpha value is -5.74. The van der Waals surface area contributed by atoms with Crippen molar-refractivity contribution in [3.8, 4) is 17.2 Å². The number of phenolic OH excluding ortho intramolecular Hbond substituents is 3. The number of ether oxygens (including phenoxy) is 2. The van der Waals surface area contributed by atoms with Gasteiger partial charge in [0.2, 0.25) is 0 Å². The van der Waals surface area contributed by atoms with E-state index in [0.29, 0.717) is 44.7 Å². The van der Waals surface area contributed by atoms with Gasteiger partial charge in [0.05, 0.1) is 12.1 Å². The molecule has 2 unspecified atom stereocenters. The minimum atomic E-state index is -1.20. The molecule has 4 aliphatic rings. The summed E-state index contributed by atoms with van der Waals surface area (Å²) < 4.78 is 12.6. The molecule has 0 bridgehead atoms. The summed E-state index contributed by atoms with van der Waals surface area (Å²) >= 11 is 0. The summed E-state index contributed by atoms with van der Waals surface area (Å²) in [5.74, 6) is -1.62. The Kier molecular flexibility index (Phi) is 16.8. The predicted octanol–water partition coefficient (Wildman–Crippen LogP) is 9.08. The summed E-state index contributed by atoms with van der Waals surface area (Å²) in [5, 5.41) is 105. The summed E-state index contributed by atoms with van der Waals surface area (Å²) in [6, 6.07) is 18.7. The zero-order valence-electron chi connectivity index (χ0n) is 38.4. The quantitative estimate of drug-likeness (QED) is 0.0376. The second kappa shape index (κ2) is 22.8. The van der Waals surface area contributed by atoms with E-state index in [4.69, 9.17) is 9.47 Å². The molecule has 0 aromatic heterocycles. The fourth-order valence-electron chi connectivity index (χ4n) is 10.0. The summed E-state index contributed by atoms with van der Waals surface area (Å²) in [5.41, 5.74) is 3.00. The van der Waals surface area contributed by atoms with Gasteiger partial charge in [0, 0.05) is 74.8 Å². The van der Waals surface area contributed by atoms with Crippen molar-refractivity contribution < 1.29 is 60.5 Å². The highest BCUT2D eigenvalue weighted by Gasteiger charge is 2.34. The normalized spacial score (nSPS) is 24.6. The largest absolute Gasteiger partial charge is 0.510 e. The van der Waals surface area contributed by atoms with E-state index in [1.54, 1.807) is 36.4 Å². The topological polar surface area (TPSA) is 230 Å². The van der Waals surface area contributed by atoms with E-state index in [9.17, 15) is 51.1 Å². The Labute approximate surface area is 393 Å². The molecule has 15 nitrogen and oxygen atoms in total. The van der Waals surface area contributed by atoms with Crippen LogP contribution >= 0.6 is 0 Å². The number of aliphatic hydroxyl groups is 7. The number of benzene rings is 3. The van der Waals surface area contributed by atoms with E-state index in [2.05, 4.69) is 16.7 Å². The van der Waals surface area contributed by atoms with Gasteiger partial charge in [-0.15, -0.1) is 0 Å². The van der Waals surface area contributed by atoms with Crippen LogP contribution in [-0.2, 0) is 16.0 Å². The number of nitrogens with zero attached hydrogens (tertiary/aromatic N) is 3. The summed E-state index contributed by atoms with van der Waals surface area (Å²) in [6.07, 6.45) is 9.82. The van der Waals surface area contributed by atoms with E-state index in [1.165, 1.54) is 12.1 Å². The van der Waals surface area contributed by atoms with Gasteiger partial charge < -0.3 is 70.3 Å². The molecule has 0 heterocycles. The number of anilines is 3. The molecule has 1 saturated carbocycles. The Balaban J connectivity index is 1.09. The molecule has 4 aliphatic carbocycles. The van der Waals surface area contributed by atoms with Crippen molar-refractivity contribution in [2.24, 2.45) is 11.8 Å². The molecular formula is C52H69N3O12. The lowest BCUT2D eigenvalue weighted by Crippen LogP contribution is -2.41. The maximum atomic E-state index is 11.2. The van der Waals surface area contributed by atoms with Crippen molar-refractivity contribution in [3.05, 3.63) is 119 Å². The lowest BCUT2D eigenvalue weighted by Gasteiger charge is -2.39. The number of phenols is 3. The highest BCUT2D eigenvalue weighted by atomic mass is 16.5. The van der Waals surface area contributed by atoms with Gasteiger partial charge in [0.1, 0.15) is 41.8 Å². The van der Waals surface area contributed by atoms with E-state index < -0.39 is 24.0 Å². The van der Waals surface area contributed by atoms with Crippen molar-refractivity contribution in [2.45, 2.75) is 121 Å². The van der Waals surface area contributed by atoms with Gasteiger partial charge >= 0.3 is 0 Å². The molecule has 0 aliphatic heterocycles. The predicted molar refractivity (Wildman–Crippen MR) is 256 cm³/mol. The SMILES string of the molecule is CCCCCO[C@@H]1CCC[C@H](CN(c2ccc(N(CC3CC(OCCN(Cc4cccc(O)c4)C4CC=C(O)[C@@H](O)C4)=C(O)[C@@H](O)C3)c3ccc(O)c(O)c3)cc2)[C@H]2C=C(O)C(O)=C(O)C2)C1. The van der Waals surface area contributed by atoms with Crippen LogP contribution in [-0.4, -0.2) is 119 Å².